The van der Waals surface area contributed by atoms with Crippen LogP contribution in [0, 0.1) is 6.92 Å². The first kappa shape index (κ1) is 17.8. The van der Waals surface area contributed by atoms with E-state index in [1.807, 2.05) is 43.3 Å². The Balaban J connectivity index is 1.81. The van der Waals surface area contributed by atoms with Crippen LogP contribution in [-0.2, 0) is 0 Å². The second kappa shape index (κ2) is 7.21. The first-order valence-corrected chi connectivity index (χ1v) is 9.37. The van der Waals surface area contributed by atoms with Crippen molar-refractivity contribution in [2.24, 2.45) is 0 Å². The van der Waals surface area contributed by atoms with Crippen LogP contribution in [0.25, 0.3) is 0 Å². The highest BCUT2D eigenvalue weighted by atomic mass is 35.5. The van der Waals surface area contributed by atoms with Gasteiger partial charge in [0.15, 0.2) is 5.11 Å². The van der Waals surface area contributed by atoms with Crippen LogP contribution >= 0.6 is 23.8 Å². The van der Waals surface area contributed by atoms with Crippen LogP contribution in [0.1, 0.15) is 29.2 Å². The quantitative estimate of drug-likeness (QED) is 0.631. The minimum absolute atomic E-state index is 0.0782. The maximum absolute atomic E-state index is 6.37. The molecule has 27 heavy (non-hydrogen) atoms. The van der Waals surface area contributed by atoms with Crippen molar-refractivity contribution in [1.82, 2.24) is 15.3 Å². The molecule has 0 bridgehead atoms. The summed E-state index contributed by atoms with van der Waals surface area (Å²) in [7, 11) is 1.60. The molecule has 1 fully saturated rings. The number of aromatic amines is 1. The van der Waals surface area contributed by atoms with Gasteiger partial charge in [-0.15, -0.1) is 0 Å². The van der Waals surface area contributed by atoms with Gasteiger partial charge in [-0.25, -0.2) is 0 Å². The fourth-order valence-electron chi connectivity index (χ4n) is 3.45. The number of nitrogens with one attached hydrogen (secondary N) is 2. The average Bonchev–Trinajstić information content (AvgIpc) is 3.25. The van der Waals surface area contributed by atoms with Gasteiger partial charge in [0.1, 0.15) is 11.8 Å². The van der Waals surface area contributed by atoms with Crippen LogP contribution in [0.15, 0.2) is 54.7 Å². The zero-order chi connectivity index (χ0) is 19.0. The number of aromatic nitrogens is 2. The van der Waals surface area contributed by atoms with Crippen LogP contribution in [0.2, 0.25) is 5.02 Å². The fourth-order valence-corrected chi connectivity index (χ4v) is 4.05. The second-order valence-electron chi connectivity index (χ2n) is 6.41. The van der Waals surface area contributed by atoms with Gasteiger partial charge in [-0.3, -0.25) is 4.98 Å². The highest BCUT2D eigenvalue weighted by Crippen LogP contribution is 2.42. The van der Waals surface area contributed by atoms with E-state index in [4.69, 9.17) is 28.6 Å². The smallest absolute Gasteiger partial charge is 0.174 e. The van der Waals surface area contributed by atoms with Crippen molar-refractivity contribution >= 4 is 34.6 Å². The van der Waals surface area contributed by atoms with Crippen molar-refractivity contribution in [2.45, 2.75) is 19.0 Å². The van der Waals surface area contributed by atoms with E-state index in [0.717, 1.165) is 22.8 Å². The molecule has 0 amide bonds. The molecule has 7 heteroatoms. The topological polar surface area (TPSA) is 53.2 Å². The van der Waals surface area contributed by atoms with Crippen molar-refractivity contribution in [3.05, 3.63) is 76.8 Å². The Morgan fingerprint density at radius 2 is 2.04 bits per heavy atom. The molecule has 1 aliphatic rings. The molecule has 0 radical (unpaired) electrons. The number of aryl methyl sites for hydroxylation is 1. The molecule has 2 N–H and O–H groups in total. The molecule has 0 unspecified atom stereocenters. The van der Waals surface area contributed by atoms with Crippen LogP contribution in [0.4, 0.5) is 5.69 Å². The Kier molecular flexibility index (Phi) is 4.76. The van der Waals surface area contributed by atoms with Gasteiger partial charge in [-0.05, 0) is 61.6 Å². The highest BCUT2D eigenvalue weighted by Gasteiger charge is 2.41. The Morgan fingerprint density at radius 1 is 1.19 bits per heavy atom. The number of halogens is 1. The van der Waals surface area contributed by atoms with E-state index < -0.39 is 0 Å². The van der Waals surface area contributed by atoms with Gasteiger partial charge in [-0.1, -0.05) is 17.7 Å². The first-order chi connectivity index (χ1) is 13.1. The number of methoxy groups -OCH3 is 1. The van der Waals surface area contributed by atoms with E-state index in [2.05, 4.69) is 32.3 Å². The summed E-state index contributed by atoms with van der Waals surface area (Å²) in [6.45, 7) is 2.04. The summed E-state index contributed by atoms with van der Waals surface area (Å²) in [5.74, 6) is 0.632. The van der Waals surface area contributed by atoms with Gasteiger partial charge in [0.25, 0.3) is 0 Å². The van der Waals surface area contributed by atoms with Crippen LogP contribution in [0.5, 0.6) is 5.75 Å². The summed E-state index contributed by atoms with van der Waals surface area (Å²) in [6, 6.07) is 15.6. The van der Waals surface area contributed by atoms with Crippen molar-refractivity contribution in [3.63, 3.8) is 0 Å². The zero-order valence-corrected chi connectivity index (χ0v) is 16.5. The van der Waals surface area contributed by atoms with E-state index in [9.17, 15) is 0 Å². The number of rotatable bonds is 4. The zero-order valence-electron chi connectivity index (χ0n) is 14.9. The van der Waals surface area contributed by atoms with Gasteiger partial charge in [0, 0.05) is 23.3 Å². The summed E-state index contributed by atoms with van der Waals surface area (Å²) in [6.07, 6.45) is 1.80. The predicted molar refractivity (Wildman–Crippen MR) is 111 cm³/mol. The molecule has 1 aliphatic heterocycles. The SMILES string of the molecule is COc1ccc(N2C(=S)N[C@@H](c3ccccn3)[C@H]2c2ccc(C)[nH]2)cc1Cl. The molecule has 1 aromatic carbocycles. The van der Waals surface area contributed by atoms with Crippen molar-refractivity contribution in [2.75, 3.05) is 12.0 Å². The van der Waals surface area contributed by atoms with E-state index in [1.54, 1.807) is 13.3 Å². The number of hydrogen-bond donors (Lipinski definition) is 2. The van der Waals surface area contributed by atoms with Crippen molar-refractivity contribution in [1.29, 1.82) is 0 Å². The number of pyridine rings is 1. The van der Waals surface area contributed by atoms with E-state index in [1.165, 1.54) is 0 Å². The van der Waals surface area contributed by atoms with Crippen molar-refractivity contribution < 1.29 is 4.74 Å². The maximum atomic E-state index is 6.37. The molecule has 4 rings (SSSR count). The highest BCUT2D eigenvalue weighted by molar-refractivity contribution is 7.80. The Morgan fingerprint density at radius 3 is 2.67 bits per heavy atom. The standard InChI is InChI=1S/C20H19ClN4OS/c1-12-6-8-16(23-12)19-18(15-5-3-4-10-22-15)24-20(27)25(19)13-7-9-17(26-2)14(21)11-13/h3-11,18-19,23H,1-2H3,(H,24,27)/t18-,19+/m0/s1. The Hall–Kier alpha value is -2.57. The van der Waals surface area contributed by atoms with Gasteiger partial charge in [0.2, 0.25) is 0 Å². The average molecular weight is 399 g/mol. The molecule has 5 nitrogen and oxygen atoms in total. The number of anilines is 1. The third kappa shape index (κ3) is 3.26. The summed E-state index contributed by atoms with van der Waals surface area (Å²) in [4.78, 5) is 10.1. The number of nitrogens with zero attached hydrogens (tertiary/aromatic N) is 2. The number of thiocarbonyl (C=S) groups is 1. The Labute approximate surface area is 168 Å². The fraction of sp³-hybridized carbons (Fsp3) is 0.200. The van der Waals surface area contributed by atoms with Gasteiger partial charge >= 0.3 is 0 Å². The molecule has 138 valence electrons. The number of benzene rings is 1. The van der Waals surface area contributed by atoms with E-state index >= 15 is 0 Å². The number of H-pyrrole nitrogens is 1. The monoisotopic (exact) mass is 398 g/mol. The van der Waals surface area contributed by atoms with Crippen LogP contribution in [0.3, 0.4) is 0 Å². The molecular formula is C20H19ClN4OS. The summed E-state index contributed by atoms with van der Waals surface area (Å²) in [5, 5.41) is 4.60. The lowest BCUT2D eigenvalue weighted by atomic mass is 10.0. The van der Waals surface area contributed by atoms with Crippen LogP contribution in [-0.4, -0.2) is 22.2 Å². The molecule has 3 aromatic rings. The molecule has 2 aromatic heterocycles. The van der Waals surface area contributed by atoms with E-state index in [0.29, 0.717) is 15.9 Å². The molecule has 2 atom stereocenters. The molecule has 3 heterocycles. The molecule has 0 spiro atoms. The first-order valence-electron chi connectivity index (χ1n) is 8.58. The maximum Gasteiger partial charge on any atom is 0.174 e. The van der Waals surface area contributed by atoms with Gasteiger partial charge in [0.05, 0.1) is 23.9 Å². The lowest BCUT2D eigenvalue weighted by Crippen LogP contribution is -2.29. The lowest BCUT2D eigenvalue weighted by molar-refractivity contribution is 0.415. The molecular weight excluding hydrogens is 380 g/mol. The minimum Gasteiger partial charge on any atom is -0.495 e. The number of hydrogen-bond acceptors (Lipinski definition) is 3. The lowest BCUT2D eigenvalue weighted by Gasteiger charge is -2.27. The van der Waals surface area contributed by atoms with Gasteiger partial charge in [-0.2, -0.15) is 0 Å². The summed E-state index contributed by atoms with van der Waals surface area (Å²) >= 11 is 12.1. The second-order valence-corrected chi connectivity index (χ2v) is 7.21. The van der Waals surface area contributed by atoms with Crippen molar-refractivity contribution in [3.8, 4) is 5.75 Å². The third-order valence-corrected chi connectivity index (χ3v) is 5.29. The van der Waals surface area contributed by atoms with Crippen LogP contribution < -0.4 is 15.0 Å². The normalized spacial score (nSPS) is 19.2. The summed E-state index contributed by atoms with van der Waals surface area (Å²) in [5.41, 5.74) is 3.98. The Bertz CT molecular complexity index is 975. The van der Waals surface area contributed by atoms with Gasteiger partial charge < -0.3 is 19.9 Å². The van der Waals surface area contributed by atoms with E-state index in [-0.39, 0.29) is 12.1 Å². The summed E-state index contributed by atoms with van der Waals surface area (Å²) < 4.78 is 5.28. The third-order valence-electron chi connectivity index (χ3n) is 4.68. The largest absolute Gasteiger partial charge is 0.495 e. The minimum atomic E-state index is -0.0855. The molecule has 0 aliphatic carbocycles. The number of ether oxygens (including phenoxy) is 1. The molecule has 1 saturated heterocycles. The predicted octanol–water partition coefficient (Wildman–Crippen LogP) is 4.56. The molecule has 0 saturated carbocycles.